The lowest BCUT2D eigenvalue weighted by Crippen LogP contribution is -2.38. The van der Waals surface area contributed by atoms with Gasteiger partial charge in [0.1, 0.15) is 0 Å². The quantitative estimate of drug-likeness (QED) is 0.721. The molecule has 1 aromatic carbocycles. The molecule has 0 aliphatic heterocycles. The summed E-state index contributed by atoms with van der Waals surface area (Å²) in [5.41, 5.74) is 1.35. The van der Waals surface area contributed by atoms with E-state index in [0.717, 1.165) is 32.1 Å². The second kappa shape index (κ2) is 8.32. The Balaban J connectivity index is 1.36. The average Bonchev–Trinajstić information content (AvgIpc) is 3.36. The highest BCUT2D eigenvalue weighted by molar-refractivity contribution is 5.81. The molecule has 0 aromatic heterocycles. The van der Waals surface area contributed by atoms with Crippen molar-refractivity contribution in [1.29, 1.82) is 0 Å². The first-order chi connectivity index (χ1) is 11.7. The van der Waals surface area contributed by atoms with Gasteiger partial charge in [0.25, 0.3) is 0 Å². The number of carbonyl (C=O) groups is 2. The molecule has 2 amide bonds. The molecule has 2 N–H and O–H groups in total. The van der Waals surface area contributed by atoms with E-state index in [0.29, 0.717) is 24.9 Å². The summed E-state index contributed by atoms with van der Waals surface area (Å²) in [5, 5.41) is 6.14. The van der Waals surface area contributed by atoms with E-state index >= 15 is 0 Å². The Morgan fingerprint density at radius 3 is 2.58 bits per heavy atom. The van der Waals surface area contributed by atoms with Crippen molar-refractivity contribution in [3.63, 3.8) is 0 Å². The van der Waals surface area contributed by atoms with Crippen LogP contribution in [0.1, 0.15) is 50.5 Å². The van der Waals surface area contributed by atoms with Gasteiger partial charge in [0, 0.05) is 24.9 Å². The number of rotatable bonds is 8. The summed E-state index contributed by atoms with van der Waals surface area (Å²) < 4.78 is 0. The zero-order valence-corrected chi connectivity index (χ0v) is 14.3. The second-order valence-corrected chi connectivity index (χ2v) is 7.22. The van der Waals surface area contributed by atoms with Gasteiger partial charge in [-0.3, -0.25) is 9.59 Å². The van der Waals surface area contributed by atoms with Crippen molar-refractivity contribution in [2.75, 3.05) is 6.54 Å². The van der Waals surface area contributed by atoms with E-state index in [1.54, 1.807) is 0 Å². The molecule has 2 saturated carbocycles. The molecule has 4 nitrogen and oxygen atoms in total. The molecule has 2 fully saturated rings. The first-order valence-electron chi connectivity index (χ1n) is 9.33. The van der Waals surface area contributed by atoms with E-state index in [9.17, 15) is 9.59 Å². The highest BCUT2D eigenvalue weighted by Gasteiger charge is 2.29. The van der Waals surface area contributed by atoms with Crippen LogP contribution in [0.25, 0.3) is 0 Å². The van der Waals surface area contributed by atoms with Gasteiger partial charge in [0.15, 0.2) is 0 Å². The fourth-order valence-electron chi connectivity index (χ4n) is 3.62. The molecule has 24 heavy (non-hydrogen) atoms. The minimum absolute atomic E-state index is 0.126. The van der Waals surface area contributed by atoms with E-state index in [2.05, 4.69) is 34.9 Å². The third kappa shape index (κ3) is 5.08. The van der Waals surface area contributed by atoms with Crippen LogP contribution in [0.2, 0.25) is 0 Å². The Hall–Kier alpha value is -1.84. The molecule has 130 valence electrons. The Morgan fingerprint density at radius 1 is 1.04 bits per heavy atom. The van der Waals surface area contributed by atoms with Gasteiger partial charge in [0.05, 0.1) is 0 Å². The summed E-state index contributed by atoms with van der Waals surface area (Å²) in [6.45, 7) is 0.612. The Labute approximate surface area is 144 Å². The monoisotopic (exact) mass is 328 g/mol. The molecular formula is C20H28N2O2. The maximum absolute atomic E-state index is 12.2. The van der Waals surface area contributed by atoms with Crippen LogP contribution in [-0.2, 0) is 16.0 Å². The molecule has 4 heteroatoms. The molecule has 3 rings (SSSR count). The smallest absolute Gasteiger partial charge is 0.223 e. The van der Waals surface area contributed by atoms with Gasteiger partial charge in [-0.15, -0.1) is 0 Å². The molecule has 2 aliphatic carbocycles. The maximum atomic E-state index is 12.2. The number of carbonyl (C=O) groups excluding carboxylic acids is 2. The third-order valence-corrected chi connectivity index (χ3v) is 5.17. The summed E-state index contributed by atoms with van der Waals surface area (Å²) in [6.07, 6.45) is 7.79. The van der Waals surface area contributed by atoms with E-state index in [-0.39, 0.29) is 17.7 Å². The van der Waals surface area contributed by atoms with Crippen LogP contribution in [-0.4, -0.2) is 24.4 Å². The van der Waals surface area contributed by atoms with Gasteiger partial charge >= 0.3 is 0 Å². The predicted octanol–water partition coefficient (Wildman–Crippen LogP) is 2.82. The van der Waals surface area contributed by atoms with Crippen molar-refractivity contribution in [3.8, 4) is 0 Å². The van der Waals surface area contributed by atoms with Crippen molar-refractivity contribution in [3.05, 3.63) is 35.9 Å². The van der Waals surface area contributed by atoms with Crippen molar-refractivity contribution >= 4 is 11.8 Å². The third-order valence-electron chi connectivity index (χ3n) is 5.17. The van der Waals surface area contributed by atoms with Gasteiger partial charge in [0.2, 0.25) is 11.8 Å². The molecule has 0 spiro atoms. The van der Waals surface area contributed by atoms with Crippen molar-refractivity contribution in [2.24, 2.45) is 11.8 Å². The molecule has 0 bridgehead atoms. The minimum Gasteiger partial charge on any atom is -0.356 e. The molecule has 0 heterocycles. The fraction of sp³-hybridized carbons (Fsp3) is 0.600. The van der Waals surface area contributed by atoms with Gasteiger partial charge in [-0.25, -0.2) is 0 Å². The van der Waals surface area contributed by atoms with Gasteiger partial charge in [-0.1, -0.05) is 36.8 Å². The molecule has 0 saturated heterocycles. The van der Waals surface area contributed by atoms with Crippen LogP contribution in [0.4, 0.5) is 0 Å². The van der Waals surface area contributed by atoms with Gasteiger partial charge in [-0.05, 0) is 50.0 Å². The molecule has 0 unspecified atom stereocenters. The van der Waals surface area contributed by atoms with Crippen molar-refractivity contribution in [2.45, 2.75) is 57.4 Å². The zero-order valence-electron chi connectivity index (χ0n) is 14.3. The highest BCUT2D eigenvalue weighted by atomic mass is 16.2. The summed E-state index contributed by atoms with van der Waals surface area (Å²) >= 11 is 0. The standard InChI is InChI=1S/C20H28N2O2/c23-19(10-5-13-21-20(24)16-11-12-16)22-18-9-4-8-17(18)14-15-6-2-1-3-7-15/h1-3,6-7,16-18H,4-5,8-14H2,(H,21,24)(H,22,23)/t17-,18+/m1/s1. The largest absolute Gasteiger partial charge is 0.356 e. The minimum atomic E-state index is 0.126. The van der Waals surface area contributed by atoms with E-state index in [4.69, 9.17) is 0 Å². The van der Waals surface area contributed by atoms with Crippen LogP contribution in [0.3, 0.4) is 0 Å². The molecule has 2 atom stereocenters. The number of amides is 2. The fourth-order valence-corrected chi connectivity index (χ4v) is 3.62. The Bertz CT molecular complexity index is 554. The zero-order chi connectivity index (χ0) is 16.8. The lowest BCUT2D eigenvalue weighted by atomic mass is 9.94. The number of hydrogen-bond donors (Lipinski definition) is 2. The molecule has 1 aromatic rings. The predicted molar refractivity (Wildman–Crippen MR) is 94.4 cm³/mol. The van der Waals surface area contributed by atoms with Crippen LogP contribution in [0.5, 0.6) is 0 Å². The lowest BCUT2D eigenvalue weighted by molar-refractivity contribution is -0.124. The van der Waals surface area contributed by atoms with E-state index in [1.807, 2.05) is 6.07 Å². The maximum Gasteiger partial charge on any atom is 0.223 e. The van der Waals surface area contributed by atoms with Gasteiger partial charge < -0.3 is 10.6 Å². The second-order valence-electron chi connectivity index (χ2n) is 7.22. The summed E-state index contributed by atoms with van der Waals surface area (Å²) in [5.74, 6) is 1.08. The van der Waals surface area contributed by atoms with Crippen LogP contribution in [0, 0.1) is 11.8 Å². The first-order valence-corrected chi connectivity index (χ1v) is 9.33. The number of hydrogen-bond acceptors (Lipinski definition) is 2. The Morgan fingerprint density at radius 2 is 1.83 bits per heavy atom. The number of nitrogens with one attached hydrogen (secondary N) is 2. The van der Waals surface area contributed by atoms with Crippen LogP contribution < -0.4 is 10.6 Å². The Kier molecular flexibility index (Phi) is 5.89. The lowest BCUT2D eigenvalue weighted by Gasteiger charge is -2.21. The SMILES string of the molecule is O=C(CCCNC(=O)C1CC1)N[C@H]1CCC[C@@H]1Cc1ccccc1. The first kappa shape index (κ1) is 17.0. The average molecular weight is 328 g/mol. The van der Waals surface area contributed by atoms with Crippen LogP contribution in [0.15, 0.2) is 30.3 Å². The summed E-state index contributed by atoms with van der Waals surface area (Å²) in [7, 11) is 0. The molecule has 0 radical (unpaired) electrons. The van der Waals surface area contributed by atoms with Gasteiger partial charge in [-0.2, -0.15) is 0 Å². The summed E-state index contributed by atoms with van der Waals surface area (Å²) in [6, 6.07) is 10.8. The van der Waals surface area contributed by atoms with E-state index < -0.39 is 0 Å². The van der Waals surface area contributed by atoms with Crippen molar-refractivity contribution < 1.29 is 9.59 Å². The normalized spacial score (nSPS) is 23.0. The van der Waals surface area contributed by atoms with Crippen LogP contribution >= 0.6 is 0 Å². The topological polar surface area (TPSA) is 58.2 Å². The van der Waals surface area contributed by atoms with E-state index in [1.165, 1.54) is 18.4 Å². The number of benzene rings is 1. The highest BCUT2D eigenvalue weighted by Crippen LogP contribution is 2.29. The van der Waals surface area contributed by atoms with Crippen molar-refractivity contribution in [1.82, 2.24) is 10.6 Å². The molecule has 2 aliphatic rings. The summed E-state index contributed by atoms with van der Waals surface area (Å²) in [4.78, 5) is 23.7. The molecular weight excluding hydrogens is 300 g/mol.